The molecule has 2 rings (SSSR count). The van der Waals surface area contributed by atoms with E-state index in [9.17, 15) is 4.79 Å². The molecule has 13 heavy (non-hydrogen) atoms. The molecule has 2 heterocycles. The molecule has 0 atom stereocenters. The molecule has 0 aliphatic carbocycles. The lowest BCUT2D eigenvalue weighted by Crippen LogP contribution is -2.73. The molecule has 2 aliphatic heterocycles. The number of hydrogen-bond acceptors (Lipinski definition) is 3. The number of hydrogen-bond donors (Lipinski definition) is 2. The summed E-state index contributed by atoms with van der Waals surface area (Å²) in [5, 5.41) is 3.12. The molecule has 1 saturated heterocycles. The van der Waals surface area contributed by atoms with Crippen molar-refractivity contribution in [2.24, 2.45) is 10.7 Å². The van der Waals surface area contributed by atoms with Gasteiger partial charge in [0.2, 0.25) is 0 Å². The summed E-state index contributed by atoms with van der Waals surface area (Å²) in [6.45, 7) is 5.41. The number of nitrogens with one attached hydrogen (secondary N) is 1. The van der Waals surface area contributed by atoms with Crippen molar-refractivity contribution in [1.29, 1.82) is 0 Å². The van der Waals surface area contributed by atoms with Gasteiger partial charge < -0.3 is 16.0 Å². The molecule has 3 N–H and O–H groups in total. The topological polar surface area (TPSA) is 70.7 Å². The molecule has 0 aromatic heterocycles. The average molecular weight is 182 g/mol. The van der Waals surface area contributed by atoms with Gasteiger partial charge in [-0.1, -0.05) is 0 Å². The fourth-order valence-electron chi connectivity index (χ4n) is 2.00. The maximum absolute atomic E-state index is 11.5. The highest BCUT2D eigenvalue weighted by Crippen LogP contribution is 2.29. The van der Waals surface area contributed by atoms with Crippen molar-refractivity contribution >= 4 is 11.9 Å². The van der Waals surface area contributed by atoms with E-state index in [-0.39, 0.29) is 17.6 Å². The summed E-state index contributed by atoms with van der Waals surface area (Å²) in [6, 6.07) is -0.0478. The van der Waals surface area contributed by atoms with Crippen molar-refractivity contribution in [3.63, 3.8) is 0 Å². The van der Waals surface area contributed by atoms with E-state index in [2.05, 4.69) is 10.3 Å². The molecule has 0 radical (unpaired) electrons. The van der Waals surface area contributed by atoms with E-state index in [0.717, 1.165) is 13.1 Å². The van der Waals surface area contributed by atoms with Crippen molar-refractivity contribution in [2.75, 3.05) is 13.1 Å². The summed E-state index contributed by atoms with van der Waals surface area (Å²) in [7, 11) is 0. The summed E-state index contributed by atoms with van der Waals surface area (Å²) >= 11 is 0. The van der Waals surface area contributed by atoms with Gasteiger partial charge in [0, 0.05) is 19.1 Å². The van der Waals surface area contributed by atoms with Crippen LogP contribution in [-0.2, 0) is 0 Å². The number of amidine groups is 1. The van der Waals surface area contributed by atoms with Crippen LogP contribution in [0.25, 0.3) is 0 Å². The van der Waals surface area contributed by atoms with Crippen LogP contribution in [-0.4, -0.2) is 41.4 Å². The predicted molar refractivity (Wildman–Crippen MR) is 49.6 cm³/mol. The number of amides is 2. The zero-order valence-electron chi connectivity index (χ0n) is 7.87. The van der Waals surface area contributed by atoms with Gasteiger partial charge in [0.15, 0.2) is 0 Å². The first-order valence-electron chi connectivity index (χ1n) is 4.46. The summed E-state index contributed by atoms with van der Waals surface area (Å²) < 4.78 is 0. The first kappa shape index (κ1) is 8.50. The molecule has 5 nitrogen and oxygen atoms in total. The van der Waals surface area contributed by atoms with Crippen molar-refractivity contribution in [1.82, 2.24) is 10.2 Å². The molecule has 0 bridgehead atoms. The Balaban J connectivity index is 2.33. The maximum atomic E-state index is 11.5. The first-order chi connectivity index (χ1) is 6.08. The molecule has 1 spiro atoms. The van der Waals surface area contributed by atoms with Crippen LogP contribution in [0, 0.1) is 0 Å². The number of aliphatic imine (C=N–C) groups is 1. The van der Waals surface area contributed by atoms with E-state index in [1.54, 1.807) is 4.90 Å². The summed E-state index contributed by atoms with van der Waals surface area (Å²) in [6.07, 6.45) is 0. The van der Waals surface area contributed by atoms with Gasteiger partial charge in [-0.05, 0) is 13.8 Å². The van der Waals surface area contributed by atoms with E-state index in [4.69, 9.17) is 5.73 Å². The summed E-state index contributed by atoms with van der Waals surface area (Å²) in [4.78, 5) is 17.0. The number of nitrogens with zero attached hydrogens (tertiary/aromatic N) is 2. The van der Waals surface area contributed by atoms with Gasteiger partial charge in [0.05, 0.1) is 0 Å². The minimum absolute atomic E-state index is 0.152. The smallest absolute Gasteiger partial charge is 0.346 e. The molecule has 5 heteroatoms. The van der Waals surface area contributed by atoms with Crippen LogP contribution in [0.15, 0.2) is 4.99 Å². The summed E-state index contributed by atoms with van der Waals surface area (Å²) in [5.41, 5.74) is 5.43. The minimum atomic E-state index is -0.314. The second-order valence-corrected chi connectivity index (χ2v) is 3.88. The Morgan fingerprint density at radius 3 is 2.54 bits per heavy atom. The molecule has 72 valence electrons. The molecule has 0 saturated carbocycles. The molecular formula is C8H14N4O. The molecule has 0 aromatic carbocycles. The summed E-state index contributed by atoms with van der Waals surface area (Å²) in [5.74, 6) is 0.463. The number of urea groups is 1. The fourth-order valence-corrected chi connectivity index (χ4v) is 2.00. The van der Waals surface area contributed by atoms with Gasteiger partial charge in [-0.25, -0.2) is 4.79 Å². The third-order valence-corrected chi connectivity index (χ3v) is 2.71. The Hall–Kier alpha value is -1.10. The second kappa shape index (κ2) is 2.45. The Labute approximate surface area is 77.0 Å². The van der Waals surface area contributed by atoms with Crippen molar-refractivity contribution < 1.29 is 4.79 Å². The van der Waals surface area contributed by atoms with E-state index in [1.165, 1.54) is 0 Å². The van der Waals surface area contributed by atoms with Gasteiger partial charge in [0.1, 0.15) is 11.4 Å². The second-order valence-electron chi connectivity index (χ2n) is 3.88. The van der Waals surface area contributed by atoms with Gasteiger partial charge in [0.25, 0.3) is 0 Å². The number of nitrogens with two attached hydrogens (primary N) is 1. The van der Waals surface area contributed by atoms with Crippen molar-refractivity contribution in [3.05, 3.63) is 0 Å². The SMILES string of the molecule is CC(C)N1C(=O)N=C(N)C12CNC2. The van der Waals surface area contributed by atoms with Crippen LogP contribution in [0.1, 0.15) is 13.8 Å². The van der Waals surface area contributed by atoms with Gasteiger partial charge in [-0.15, -0.1) is 0 Å². The van der Waals surface area contributed by atoms with Crippen molar-refractivity contribution in [2.45, 2.75) is 25.4 Å². The van der Waals surface area contributed by atoms with Gasteiger partial charge >= 0.3 is 6.03 Å². The van der Waals surface area contributed by atoms with Crippen LogP contribution in [0.3, 0.4) is 0 Å². The molecule has 2 amide bonds. The highest BCUT2D eigenvalue weighted by molar-refractivity contribution is 6.07. The third kappa shape index (κ3) is 0.904. The van der Waals surface area contributed by atoms with Crippen LogP contribution in [0.2, 0.25) is 0 Å². The minimum Gasteiger partial charge on any atom is -0.385 e. The van der Waals surface area contributed by atoms with E-state index in [1.807, 2.05) is 13.8 Å². The fraction of sp³-hybridized carbons (Fsp3) is 0.750. The Morgan fingerprint density at radius 1 is 1.62 bits per heavy atom. The van der Waals surface area contributed by atoms with Crippen LogP contribution >= 0.6 is 0 Å². The Bertz CT molecular complexity index is 280. The van der Waals surface area contributed by atoms with E-state index in [0.29, 0.717) is 5.84 Å². The van der Waals surface area contributed by atoms with E-state index < -0.39 is 0 Å². The lowest BCUT2D eigenvalue weighted by molar-refractivity contribution is 0.110. The number of carbonyl (C=O) groups excluding carboxylic acids is 1. The largest absolute Gasteiger partial charge is 0.385 e. The van der Waals surface area contributed by atoms with E-state index >= 15 is 0 Å². The first-order valence-corrected chi connectivity index (χ1v) is 4.46. The molecule has 0 unspecified atom stereocenters. The highest BCUT2D eigenvalue weighted by atomic mass is 16.2. The van der Waals surface area contributed by atoms with Gasteiger partial charge in [-0.2, -0.15) is 4.99 Å². The lowest BCUT2D eigenvalue weighted by atomic mass is 9.89. The predicted octanol–water partition coefficient (Wildman–Crippen LogP) is -0.470. The molecular weight excluding hydrogens is 168 g/mol. The van der Waals surface area contributed by atoms with Crippen LogP contribution in [0.5, 0.6) is 0 Å². The monoisotopic (exact) mass is 182 g/mol. The zero-order chi connectivity index (χ0) is 9.64. The average Bonchev–Trinajstić information content (AvgIpc) is 2.19. The Morgan fingerprint density at radius 2 is 2.23 bits per heavy atom. The highest BCUT2D eigenvalue weighted by Gasteiger charge is 2.53. The molecule has 0 aromatic rings. The third-order valence-electron chi connectivity index (χ3n) is 2.71. The number of carbonyl (C=O) groups is 1. The van der Waals surface area contributed by atoms with Crippen LogP contribution < -0.4 is 11.1 Å². The van der Waals surface area contributed by atoms with Gasteiger partial charge in [-0.3, -0.25) is 0 Å². The number of rotatable bonds is 1. The van der Waals surface area contributed by atoms with Crippen molar-refractivity contribution in [3.8, 4) is 0 Å². The zero-order valence-corrected chi connectivity index (χ0v) is 7.87. The molecule has 1 fully saturated rings. The normalized spacial score (nSPS) is 25.3. The molecule has 2 aliphatic rings. The standard InChI is InChI=1S/C8H14N4O/c1-5(2)12-7(13)11-6(9)8(12)3-10-4-8/h5,10H,3-4H2,1-2H3,(H2,9,11,13). The van der Waals surface area contributed by atoms with Crippen LogP contribution in [0.4, 0.5) is 4.79 Å². The Kier molecular flexibility index (Phi) is 1.60. The quantitative estimate of drug-likeness (QED) is 0.576. The maximum Gasteiger partial charge on any atom is 0.346 e. The lowest BCUT2D eigenvalue weighted by Gasteiger charge is -2.47.